The number of fused-ring (bicyclic) bond motifs is 1. The number of halogens is 2. The Morgan fingerprint density at radius 3 is 2.80 bits per heavy atom. The van der Waals surface area contributed by atoms with Crippen LogP contribution in [0.3, 0.4) is 0 Å². The maximum absolute atomic E-state index is 12.9. The number of hydrogen-bond acceptors (Lipinski definition) is 3. The lowest BCUT2D eigenvalue weighted by molar-refractivity contribution is -0.142. The highest BCUT2D eigenvalue weighted by atomic mass is 19.2. The molecule has 80 valence electrons. The van der Waals surface area contributed by atoms with Crippen molar-refractivity contribution in [3.05, 3.63) is 29.3 Å². The lowest BCUT2D eigenvalue weighted by Gasteiger charge is -2.05. The molecular weight excluding hydrogens is 206 g/mol. The van der Waals surface area contributed by atoms with Crippen molar-refractivity contribution in [1.29, 1.82) is 0 Å². The molecule has 0 saturated carbocycles. The van der Waals surface area contributed by atoms with Gasteiger partial charge < -0.3 is 9.47 Å². The molecule has 1 aromatic rings. The van der Waals surface area contributed by atoms with Gasteiger partial charge in [-0.05, 0) is 6.07 Å². The highest BCUT2D eigenvalue weighted by molar-refractivity contribution is 5.80. The summed E-state index contributed by atoms with van der Waals surface area (Å²) in [5.74, 6) is -2.96. The topological polar surface area (TPSA) is 35.5 Å². The normalized spacial score (nSPS) is 18.2. The van der Waals surface area contributed by atoms with Crippen molar-refractivity contribution < 1.29 is 23.0 Å². The summed E-state index contributed by atoms with van der Waals surface area (Å²) >= 11 is 0. The Balaban J connectivity index is 2.42. The highest BCUT2D eigenvalue weighted by Gasteiger charge is 2.32. The van der Waals surface area contributed by atoms with E-state index in [1.165, 1.54) is 7.11 Å². The molecule has 1 aliphatic rings. The van der Waals surface area contributed by atoms with Gasteiger partial charge in [-0.25, -0.2) is 8.78 Å². The van der Waals surface area contributed by atoms with E-state index in [0.717, 1.165) is 12.1 Å². The Hall–Kier alpha value is -1.65. The van der Waals surface area contributed by atoms with Crippen LogP contribution < -0.4 is 4.74 Å². The number of carbonyl (C=O) groups is 1. The van der Waals surface area contributed by atoms with E-state index in [4.69, 9.17) is 4.74 Å². The molecule has 1 atom stereocenters. The molecule has 0 radical (unpaired) electrons. The molecule has 5 heteroatoms. The minimum Gasteiger partial charge on any atom is -0.492 e. The minimum atomic E-state index is -0.992. The van der Waals surface area contributed by atoms with Crippen LogP contribution in [-0.2, 0) is 9.53 Å². The van der Waals surface area contributed by atoms with E-state index < -0.39 is 23.5 Å². The third-order valence-electron chi connectivity index (χ3n) is 2.32. The number of ether oxygens (including phenoxy) is 2. The van der Waals surface area contributed by atoms with Crippen LogP contribution in [0.15, 0.2) is 12.1 Å². The number of carbonyl (C=O) groups excluding carboxylic acids is 1. The molecule has 0 bridgehead atoms. The van der Waals surface area contributed by atoms with Gasteiger partial charge in [0.1, 0.15) is 18.3 Å². The molecule has 0 fully saturated rings. The van der Waals surface area contributed by atoms with Gasteiger partial charge >= 0.3 is 5.97 Å². The summed E-state index contributed by atoms with van der Waals surface area (Å²) in [4.78, 5) is 11.3. The fraction of sp³-hybridized carbons (Fsp3) is 0.300. The zero-order valence-corrected chi connectivity index (χ0v) is 7.92. The van der Waals surface area contributed by atoms with Crippen molar-refractivity contribution in [1.82, 2.24) is 0 Å². The van der Waals surface area contributed by atoms with Crippen LogP contribution in [0, 0.1) is 11.6 Å². The van der Waals surface area contributed by atoms with E-state index in [1.807, 2.05) is 0 Å². The fourth-order valence-electron chi connectivity index (χ4n) is 1.54. The maximum Gasteiger partial charge on any atom is 0.316 e. The predicted octanol–water partition coefficient (Wildman–Crippen LogP) is 1.61. The Labute approximate surface area is 84.6 Å². The molecule has 15 heavy (non-hydrogen) atoms. The summed E-state index contributed by atoms with van der Waals surface area (Å²) in [6.07, 6.45) is 0. The van der Waals surface area contributed by atoms with E-state index in [0.29, 0.717) is 5.56 Å². The van der Waals surface area contributed by atoms with E-state index >= 15 is 0 Å². The second kappa shape index (κ2) is 3.49. The van der Waals surface area contributed by atoms with Crippen LogP contribution in [0.5, 0.6) is 5.75 Å². The van der Waals surface area contributed by atoms with Gasteiger partial charge in [-0.2, -0.15) is 0 Å². The first-order valence-electron chi connectivity index (χ1n) is 4.33. The summed E-state index contributed by atoms with van der Waals surface area (Å²) in [5.41, 5.74) is 0.334. The first-order chi connectivity index (χ1) is 7.13. The third-order valence-corrected chi connectivity index (χ3v) is 2.32. The second-order valence-corrected chi connectivity index (χ2v) is 3.19. The SMILES string of the molecule is COC(=O)C1COc2cc(F)c(F)cc21. The fourth-order valence-corrected chi connectivity index (χ4v) is 1.54. The highest BCUT2D eigenvalue weighted by Crippen LogP contribution is 2.35. The Kier molecular flexibility index (Phi) is 2.30. The van der Waals surface area contributed by atoms with Crippen LogP contribution >= 0.6 is 0 Å². The molecule has 0 aromatic heterocycles. The van der Waals surface area contributed by atoms with Gasteiger partial charge in [-0.3, -0.25) is 4.79 Å². The van der Waals surface area contributed by atoms with Gasteiger partial charge in [0.05, 0.1) is 7.11 Å². The van der Waals surface area contributed by atoms with Gasteiger partial charge in [-0.15, -0.1) is 0 Å². The van der Waals surface area contributed by atoms with Crippen LogP contribution in [0.2, 0.25) is 0 Å². The molecule has 0 saturated heterocycles. The quantitative estimate of drug-likeness (QED) is 0.666. The average Bonchev–Trinajstić information content (AvgIpc) is 2.61. The lowest BCUT2D eigenvalue weighted by atomic mass is 10.0. The van der Waals surface area contributed by atoms with Gasteiger partial charge in [0.2, 0.25) is 0 Å². The van der Waals surface area contributed by atoms with Crippen molar-refractivity contribution in [2.75, 3.05) is 13.7 Å². The molecule has 1 aromatic carbocycles. The number of benzene rings is 1. The van der Waals surface area contributed by atoms with Crippen molar-refractivity contribution >= 4 is 5.97 Å². The van der Waals surface area contributed by atoms with E-state index in [-0.39, 0.29) is 12.4 Å². The number of esters is 1. The first-order valence-corrected chi connectivity index (χ1v) is 4.33. The lowest BCUT2D eigenvalue weighted by Crippen LogP contribution is -2.15. The molecule has 0 spiro atoms. The minimum absolute atomic E-state index is 0.0604. The number of methoxy groups -OCH3 is 1. The van der Waals surface area contributed by atoms with Crippen molar-refractivity contribution in [2.24, 2.45) is 0 Å². The zero-order chi connectivity index (χ0) is 11.0. The van der Waals surface area contributed by atoms with Gasteiger partial charge in [-0.1, -0.05) is 0 Å². The van der Waals surface area contributed by atoms with Crippen LogP contribution in [0.25, 0.3) is 0 Å². The molecular formula is C10H8F2O3. The molecule has 2 rings (SSSR count). The summed E-state index contributed by atoms with van der Waals surface area (Å²) in [7, 11) is 1.24. The first kappa shape index (κ1) is 9.89. The van der Waals surface area contributed by atoms with Crippen molar-refractivity contribution in [3.8, 4) is 5.75 Å². The predicted molar refractivity (Wildman–Crippen MR) is 46.6 cm³/mol. The Bertz CT molecular complexity index is 417. The van der Waals surface area contributed by atoms with Crippen LogP contribution in [0.4, 0.5) is 8.78 Å². The van der Waals surface area contributed by atoms with Gasteiger partial charge in [0.25, 0.3) is 0 Å². The summed E-state index contributed by atoms with van der Waals surface area (Å²) < 4.78 is 35.3. The van der Waals surface area contributed by atoms with Crippen LogP contribution in [-0.4, -0.2) is 19.7 Å². The zero-order valence-electron chi connectivity index (χ0n) is 7.92. The van der Waals surface area contributed by atoms with E-state index in [1.54, 1.807) is 0 Å². The molecule has 1 unspecified atom stereocenters. The van der Waals surface area contributed by atoms with Gasteiger partial charge in [0.15, 0.2) is 11.6 Å². The molecule has 3 nitrogen and oxygen atoms in total. The standard InChI is InChI=1S/C10H8F2O3/c1-14-10(13)6-4-15-9-3-8(12)7(11)2-5(6)9/h2-3,6H,4H2,1H3. The van der Waals surface area contributed by atoms with E-state index in [2.05, 4.69) is 4.74 Å². The molecule has 0 amide bonds. The van der Waals surface area contributed by atoms with Crippen molar-refractivity contribution in [2.45, 2.75) is 5.92 Å². The number of hydrogen-bond donors (Lipinski definition) is 0. The monoisotopic (exact) mass is 214 g/mol. The molecule has 0 N–H and O–H groups in total. The maximum atomic E-state index is 12.9. The smallest absolute Gasteiger partial charge is 0.316 e. The Morgan fingerprint density at radius 2 is 2.13 bits per heavy atom. The number of rotatable bonds is 1. The van der Waals surface area contributed by atoms with Crippen molar-refractivity contribution in [3.63, 3.8) is 0 Å². The van der Waals surface area contributed by atoms with Crippen LogP contribution in [0.1, 0.15) is 11.5 Å². The second-order valence-electron chi connectivity index (χ2n) is 3.19. The summed E-state index contributed by atoms with van der Waals surface area (Å²) in [6.45, 7) is 0.0604. The average molecular weight is 214 g/mol. The largest absolute Gasteiger partial charge is 0.492 e. The summed E-state index contributed by atoms with van der Waals surface area (Å²) in [6, 6.07) is 1.91. The summed E-state index contributed by atoms with van der Waals surface area (Å²) in [5, 5.41) is 0. The molecule has 1 aliphatic heterocycles. The van der Waals surface area contributed by atoms with E-state index in [9.17, 15) is 13.6 Å². The molecule has 1 heterocycles. The molecule has 0 aliphatic carbocycles. The van der Waals surface area contributed by atoms with Gasteiger partial charge in [0, 0.05) is 11.6 Å². The third kappa shape index (κ3) is 1.54. The Morgan fingerprint density at radius 1 is 1.47 bits per heavy atom.